The fraction of sp³-hybridized carbons (Fsp3) is 0.409. The second-order valence-corrected chi connectivity index (χ2v) is 8.82. The number of piperidine rings is 1. The number of anilines is 1. The summed E-state index contributed by atoms with van der Waals surface area (Å²) in [5.41, 5.74) is 1.72. The summed E-state index contributed by atoms with van der Waals surface area (Å²) in [6.07, 6.45) is 1.99. The Kier molecular flexibility index (Phi) is 7.63. The van der Waals surface area contributed by atoms with Crippen molar-refractivity contribution in [3.63, 3.8) is 0 Å². The summed E-state index contributed by atoms with van der Waals surface area (Å²) < 4.78 is 26.6. The zero-order valence-corrected chi connectivity index (χ0v) is 17.8. The quantitative estimate of drug-likeness (QED) is 0.561. The Bertz CT molecular complexity index is 859. The SMILES string of the molecule is CN=C(NCCS(=O)c1ccccc1)NC1CCCN(c2cc(C)ccc2F)C1. The number of rotatable bonds is 6. The number of guanidine groups is 1. The van der Waals surface area contributed by atoms with Crippen molar-refractivity contribution >= 4 is 22.4 Å². The van der Waals surface area contributed by atoms with Crippen molar-refractivity contribution in [3.05, 3.63) is 59.9 Å². The van der Waals surface area contributed by atoms with Gasteiger partial charge in [0.1, 0.15) is 5.82 Å². The summed E-state index contributed by atoms with van der Waals surface area (Å²) >= 11 is 0. The highest BCUT2D eigenvalue weighted by Crippen LogP contribution is 2.24. The van der Waals surface area contributed by atoms with Gasteiger partial charge < -0.3 is 15.5 Å². The lowest BCUT2D eigenvalue weighted by Crippen LogP contribution is -2.51. The fourth-order valence-electron chi connectivity index (χ4n) is 3.52. The van der Waals surface area contributed by atoms with Gasteiger partial charge in [0.15, 0.2) is 5.96 Å². The molecule has 0 saturated carbocycles. The monoisotopic (exact) mass is 416 g/mol. The van der Waals surface area contributed by atoms with E-state index in [0.29, 0.717) is 23.9 Å². The van der Waals surface area contributed by atoms with E-state index in [0.717, 1.165) is 36.4 Å². The van der Waals surface area contributed by atoms with Crippen LogP contribution >= 0.6 is 0 Å². The molecule has 2 aromatic rings. The summed E-state index contributed by atoms with van der Waals surface area (Å²) in [5.74, 6) is 1.02. The zero-order valence-electron chi connectivity index (χ0n) is 17.0. The van der Waals surface area contributed by atoms with Crippen LogP contribution < -0.4 is 15.5 Å². The van der Waals surface area contributed by atoms with E-state index in [1.807, 2.05) is 43.3 Å². The lowest BCUT2D eigenvalue weighted by atomic mass is 10.0. The minimum Gasteiger partial charge on any atom is -0.367 e. The molecule has 1 fully saturated rings. The molecule has 29 heavy (non-hydrogen) atoms. The lowest BCUT2D eigenvalue weighted by molar-refractivity contribution is 0.463. The molecule has 2 atom stereocenters. The third-order valence-electron chi connectivity index (χ3n) is 5.01. The third kappa shape index (κ3) is 6.03. The number of nitrogens with one attached hydrogen (secondary N) is 2. The summed E-state index contributed by atoms with van der Waals surface area (Å²) in [6, 6.07) is 14.9. The first-order valence-corrected chi connectivity index (χ1v) is 11.3. The van der Waals surface area contributed by atoms with Crippen LogP contribution in [0.3, 0.4) is 0 Å². The summed E-state index contributed by atoms with van der Waals surface area (Å²) in [6.45, 7) is 4.11. The summed E-state index contributed by atoms with van der Waals surface area (Å²) in [4.78, 5) is 7.22. The first-order valence-electron chi connectivity index (χ1n) is 9.98. The first kappa shape index (κ1) is 21.3. The van der Waals surface area contributed by atoms with Crippen LogP contribution in [0.2, 0.25) is 0 Å². The highest BCUT2D eigenvalue weighted by Gasteiger charge is 2.23. The van der Waals surface area contributed by atoms with Gasteiger partial charge in [0.25, 0.3) is 0 Å². The Labute approximate surface area is 174 Å². The van der Waals surface area contributed by atoms with Crippen LogP contribution in [0.15, 0.2) is 58.4 Å². The third-order valence-corrected chi connectivity index (χ3v) is 6.39. The van der Waals surface area contributed by atoms with Gasteiger partial charge in [-0.15, -0.1) is 0 Å². The van der Waals surface area contributed by atoms with Gasteiger partial charge in [-0.2, -0.15) is 0 Å². The van der Waals surface area contributed by atoms with Crippen LogP contribution in [0.4, 0.5) is 10.1 Å². The maximum absolute atomic E-state index is 14.3. The van der Waals surface area contributed by atoms with Crippen molar-refractivity contribution < 1.29 is 8.60 Å². The van der Waals surface area contributed by atoms with Gasteiger partial charge >= 0.3 is 0 Å². The first-order chi connectivity index (χ1) is 14.1. The molecular formula is C22H29FN4OS. The topological polar surface area (TPSA) is 56.7 Å². The molecule has 3 rings (SSSR count). The Balaban J connectivity index is 1.51. The van der Waals surface area contributed by atoms with E-state index in [2.05, 4.69) is 20.5 Å². The average molecular weight is 417 g/mol. The van der Waals surface area contributed by atoms with E-state index in [9.17, 15) is 8.60 Å². The molecule has 1 heterocycles. The van der Waals surface area contributed by atoms with Crippen LogP contribution in [0.5, 0.6) is 0 Å². The number of benzene rings is 2. The number of aryl methyl sites for hydroxylation is 1. The van der Waals surface area contributed by atoms with Gasteiger partial charge in [0, 0.05) is 43.4 Å². The predicted octanol–water partition coefficient (Wildman–Crippen LogP) is 3.08. The Hall–Kier alpha value is -2.41. The van der Waals surface area contributed by atoms with Crippen molar-refractivity contribution in [2.24, 2.45) is 4.99 Å². The second kappa shape index (κ2) is 10.4. The van der Waals surface area contributed by atoms with E-state index in [4.69, 9.17) is 0 Å². The van der Waals surface area contributed by atoms with Crippen LogP contribution in [0, 0.1) is 12.7 Å². The maximum Gasteiger partial charge on any atom is 0.191 e. The highest BCUT2D eigenvalue weighted by atomic mass is 32.2. The molecule has 1 aliphatic rings. The molecule has 0 bridgehead atoms. The van der Waals surface area contributed by atoms with Crippen molar-refractivity contribution in [1.29, 1.82) is 0 Å². The lowest BCUT2D eigenvalue weighted by Gasteiger charge is -2.35. The number of nitrogens with zero attached hydrogens (tertiary/aromatic N) is 2. The van der Waals surface area contributed by atoms with E-state index >= 15 is 0 Å². The number of hydrogen-bond acceptors (Lipinski definition) is 3. The van der Waals surface area contributed by atoms with Crippen LogP contribution in [-0.4, -0.2) is 48.6 Å². The average Bonchev–Trinajstić information content (AvgIpc) is 2.75. The molecule has 1 saturated heterocycles. The van der Waals surface area contributed by atoms with Crippen LogP contribution in [-0.2, 0) is 10.8 Å². The molecular weight excluding hydrogens is 387 g/mol. The summed E-state index contributed by atoms with van der Waals surface area (Å²) in [7, 11) is 0.687. The molecule has 0 aromatic heterocycles. The second-order valence-electron chi connectivity index (χ2n) is 7.25. The predicted molar refractivity (Wildman–Crippen MR) is 119 cm³/mol. The number of halogens is 1. The molecule has 0 amide bonds. The van der Waals surface area contributed by atoms with Gasteiger partial charge in [-0.1, -0.05) is 24.3 Å². The zero-order chi connectivity index (χ0) is 20.6. The summed E-state index contributed by atoms with van der Waals surface area (Å²) in [5, 5.41) is 6.67. The molecule has 0 radical (unpaired) electrons. The largest absolute Gasteiger partial charge is 0.367 e. The van der Waals surface area contributed by atoms with Crippen molar-refractivity contribution in [2.45, 2.75) is 30.7 Å². The molecule has 0 aliphatic carbocycles. The molecule has 156 valence electrons. The normalized spacial score (nSPS) is 18.4. The van der Waals surface area contributed by atoms with E-state index in [-0.39, 0.29) is 11.9 Å². The molecule has 7 heteroatoms. The number of hydrogen-bond donors (Lipinski definition) is 2. The van der Waals surface area contributed by atoms with Gasteiger partial charge in [0.05, 0.1) is 16.5 Å². The standard InChI is InChI=1S/C22H29FN4OS/c1-17-10-11-20(23)21(15-17)27-13-6-7-18(16-27)26-22(24-2)25-12-14-29(28)19-8-4-3-5-9-19/h3-5,8-11,15,18H,6-7,12-14,16H2,1-2H3,(H2,24,25,26). The smallest absolute Gasteiger partial charge is 0.191 e. The Morgan fingerprint density at radius 1 is 1.28 bits per heavy atom. The van der Waals surface area contributed by atoms with Crippen molar-refractivity contribution in [2.75, 3.05) is 37.3 Å². The molecule has 2 unspecified atom stereocenters. The van der Waals surface area contributed by atoms with E-state index < -0.39 is 10.8 Å². The van der Waals surface area contributed by atoms with Gasteiger partial charge in [-0.05, 0) is 49.6 Å². The molecule has 2 N–H and O–H groups in total. The molecule has 5 nitrogen and oxygen atoms in total. The van der Waals surface area contributed by atoms with Crippen molar-refractivity contribution in [3.8, 4) is 0 Å². The Morgan fingerprint density at radius 2 is 2.07 bits per heavy atom. The van der Waals surface area contributed by atoms with E-state index in [1.54, 1.807) is 13.1 Å². The molecule has 0 spiro atoms. The van der Waals surface area contributed by atoms with Gasteiger partial charge in [0.2, 0.25) is 0 Å². The maximum atomic E-state index is 14.3. The fourth-order valence-corrected chi connectivity index (χ4v) is 4.50. The van der Waals surface area contributed by atoms with E-state index in [1.165, 1.54) is 6.07 Å². The van der Waals surface area contributed by atoms with Gasteiger partial charge in [-0.3, -0.25) is 9.20 Å². The van der Waals surface area contributed by atoms with Crippen molar-refractivity contribution in [1.82, 2.24) is 10.6 Å². The minimum atomic E-state index is -1.04. The number of aliphatic imine (C=N–C) groups is 1. The Morgan fingerprint density at radius 3 is 2.83 bits per heavy atom. The minimum absolute atomic E-state index is 0.175. The molecule has 2 aromatic carbocycles. The van der Waals surface area contributed by atoms with Crippen LogP contribution in [0.1, 0.15) is 18.4 Å². The molecule has 1 aliphatic heterocycles. The van der Waals surface area contributed by atoms with Gasteiger partial charge in [-0.25, -0.2) is 4.39 Å². The highest BCUT2D eigenvalue weighted by molar-refractivity contribution is 7.85. The van der Waals surface area contributed by atoms with Crippen LogP contribution in [0.25, 0.3) is 0 Å².